The van der Waals surface area contributed by atoms with E-state index in [0.717, 1.165) is 24.9 Å². The van der Waals surface area contributed by atoms with Gasteiger partial charge in [0.2, 0.25) is 10.0 Å². The molecule has 1 heterocycles. The van der Waals surface area contributed by atoms with Crippen molar-refractivity contribution in [1.82, 2.24) is 9.62 Å². The van der Waals surface area contributed by atoms with Gasteiger partial charge in [0.15, 0.2) is 0 Å². The summed E-state index contributed by atoms with van der Waals surface area (Å²) in [4.78, 5) is 14.7. The molecule has 1 saturated heterocycles. The van der Waals surface area contributed by atoms with Crippen LogP contribution in [0.1, 0.15) is 66.8 Å². The quantitative estimate of drug-likeness (QED) is 0.856. The number of piperidine rings is 1. The summed E-state index contributed by atoms with van der Waals surface area (Å²) >= 11 is 0. The Morgan fingerprint density at radius 3 is 2.42 bits per heavy atom. The molecule has 144 valence electrons. The van der Waals surface area contributed by atoms with Crippen LogP contribution in [0.4, 0.5) is 0 Å². The highest BCUT2D eigenvalue weighted by molar-refractivity contribution is 7.88. The van der Waals surface area contributed by atoms with Gasteiger partial charge in [-0.15, -0.1) is 0 Å². The first-order valence-corrected chi connectivity index (χ1v) is 11.7. The molecule has 1 aromatic rings. The van der Waals surface area contributed by atoms with Gasteiger partial charge in [0, 0.05) is 25.2 Å². The second-order valence-corrected chi connectivity index (χ2v) is 9.67. The molecule has 1 aromatic carbocycles. The number of nitrogens with one attached hydrogen (secondary N) is 1. The van der Waals surface area contributed by atoms with E-state index in [1.54, 1.807) is 0 Å². The van der Waals surface area contributed by atoms with Crippen LogP contribution < -0.4 is 4.72 Å². The summed E-state index contributed by atoms with van der Waals surface area (Å²) in [5.41, 5.74) is 2.09. The molecule has 2 aliphatic rings. The average Bonchev–Trinajstić information content (AvgIpc) is 2.66. The monoisotopic (exact) mass is 378 g/mol. The van der Waals surface area contributed by atoms with Crippen LogP contribution in [-0.2, 0) is 10.0 Å². The summed E-state index contributed by atoms with van der Waals surface area (Å²) in [5.74, 6) is 0.891. The largest absolute Gasteiger partial charge is 0.338 e. The molecule has 26 heavy (non-hydrogen) atoms. The van der Waals surface area contributed by atoms with Gasteiger partial charge in [-0.25, -0.2) is 13.1 Å². The van der Waals surface area contributed by atoms with Crippen molar-refractivity contribution in [1.29, 1.82) is 0 Å². The molecular formula is C20H30N2O3S. The number of hydrogen-bond acceptors (Lipinski definition) is 3. The maximum Gasteiger partial charge on any atom is 0.253 e. The van der Waals surface area contributed by atoms with Crippen molar-refractivity contribution < 1.29 is 13.2 Å². The summed E-state index contributed by atoms with van der Waals surface area (Å²) in [6.07, 6.45) is 9.52. The number of carbonyl (C=O) groups is 1. The summed E-state index contributed by atoms with van der Waals surface area (Å²) in [7, 11) is -3.18. The van der Waals surface area contributed by atoms with Crippen LogP contribution in [0.15, 0.2) is 24.3 Å². The number of sulfonamides is 1. The second-order valence-electron chi connectivity index (χ2n) is 7.84. The van der Waals surface area contributed by atoms with Gasteiger partial charge in [0.1, 0.15) is 0 Å². The number of benzene rings is 1. The van der Waals surface area contributed by atoms with Crippen LogP contribution in [0.3, 0.4) is 0 Å². The number of amides is 1. The van der Waals surface area contributed by atoms with Crippen LogP contribution in [0.5, 0.6) is 0 Å². The molecule has 1 aliphatic carbocycles. The molecule has 0 aromatic heterocycles. The lowest BCUT2D eigenvalue weighted by molar-refractivity contribution is 0.0676. The lowest BCUT2D eigenvalue weighted by Crippen LogP contribution is -2.43. The molecule has 0 spiro atoms. The third-order valence-electron chi connectivity index (χ3n) is 5.67. The first-order chi connectivity index (χ1) is 12.4. The van der Waals surface area contributed by atoms with Gasteiger partial charge < -0.3 is 4.90 Å². The smallest absolute Gasteiger partial charge is 0.253 e. The molecule has 1 atom stereocenters. The Hall–Kier alpha value is -1.40. The Bertz CT molecular complexity index is 709. The summed E-state index contributed by atoms with van der Waals surface area (Å²) in [5, 5.41) is 0. The van der Waals surface area contributed by atoms with E-state index in [4.69, 9.17) is 0 Å². The van der Waals surface area contributed by atoms with Gasteiger partial charge >= 0.3 is 0 Å². The first-order valence-electron chi connectivity index (χ1n) is 9.76. The lowest BCUT2D eigenvalue weighted by atomic mass is 9.84. The van der Waals surface area contributed by atoms with E-state index in [1.165, 1.54) is 43.9 Å². The standard InChI is InChI=1S/C20H30N2O3S/c1-26(24,25)21-14-16-6-5-13-22(15-16)20(23)19-11-9-18(10-12-19)17-7-3-2-4-8-17/h9-12,16-17,21H,2-8,13-15H2,1H3/t16-/m0/s1. The molecule has 1 N–H and O–H groups in total. The highest BCUT2D eigenvalue weighted by Crippen LogP contribution is 2.32. The van der Waals surface area contributed by atoms with Crippen molar-refractivity contribution >= 4 is 15.9 Å². The highest BCUT2D eigenvalue weighted by Gasteiger charge is 2.25. The van der Waals surface area contributed by atoms with E-state index in [9.17, 15) is 13.2 Å². The Morgan fingerprint density at radius 1 is 1.08 bits per heavy atom. The first kappa shape index (κ1) is 19.4. The number of likely N-dealkylation sites (tertiary alicyclic amines) is 1. The Labute approximate surface area is 157 Å². The molecule has 2 fully saturated rings. The lowest BCUT2D eigenvalue weighted by Gasteiger charge is -2.33. The highest BCUT2D eigenvalue weighted by atomic mass is 32.2. The zero-order valence-corrected chi connectivity index (χ0v) is 16.4. The average molecular weight is 379 g/mol. The fourth-order valence-electron chi connectivity index (χ4n) is 4.20. The SMILES string of the molecule is CS(=O)(=O)NC[C@@H]1CCCN(C(=O)c2ccc(C3CCCCC3)cc2)C1. The van der Waals surface area contributed by atoms with Crippen molar-refractivity contribution in [3.05, 3.63) is 35.4 Å². The van der Waals surface area contributed by atoms with E-state index in [2.05, 4.69) is 16.9 Å². The van der Waals surface area contributed by atoms with Gasteiger partial charge in [-0.2, -0.15) is 0 Å². The third-order valence-corrected chi connectivity index (χ3v) is 6.37. The maximum atomic E-state index is 12.8. The molecule has 5 nitrogen and oxygen atoms in total. The fourth-order valence-corrected chi connectivity index (χ4v) is 4.74. The van der Waals surface area contributed by atoms with E-state index in [-0.39, 0.29) is 11.8 Å². The van der Waals surface area contributed by atoms with E-state index in [0.29, 0.717) is 19.0 Å². The molecule has 3 rings (SSSR count). The summed E-state index contributed by atoms with van der Waals surface area (Å²) in [6.45, 7) is 1.77. The van der Waals surface area contributed by atoms with Crippen LogP contribution in [-0.4, -0.2) is 45.1 Å². The zero-order valence-electron chi connectivity index (χ0n) is 15.6. The molecule has 0 bridgehead atoms. The molecular weight excluding hydrogens is 348 g/mol. The molecule has 0 radical (unpaired) electrons. The van der Waals surface area contributed by atoms with Gasteiger partial charge in [-0.1, -0.05) is 31.4 Å². The van der Waals surface area contributed by atoms with Crippen molar-refractivity contribution in [2.75, 3.05) is 25.9 Å². The third kappa shape index (κ3) is 5.30. The van der Waals surface area contributed by atoms with Gasteiger partial charge in [0.25, 0.3) is 5.91 Å². The van der Waals surface area contributed by atoms with Gasteiger partial charge in [-0.05, 0) is 55.2 Å². The van der Waals surface area contributed by atoms with E-state index < -0.39 is 10.0 Å². The van der Waals surface area contributed by atoms with Gasteiger partial charge in [-0.3, -0.25) is 4.79 Å². The minimum Gasteiger partial charge on any atom is -0.338 e. The predicted molar refractivity (Wildman–Crippen MR) is 104 cm³/mol. The van der Waals surface area contributed by atoms with E-state index in [1.807, 2.05) is 17.0 Å². The van der Waals surface area contributed by atoms with Crippen LogP contribution >= 0.6 is 0 Å². The molecule has 1 aliphatic heterocycles. The zero-order chi connectivity index (χ0) is 18.6. The normalized spacial score (nSPS) is 22.3. The number of hydrogen-bond donors (Lipinski definition) is 1. The number of carbonyl (C=O) groups excluding carboxylic acids is 1. The maximum absolute atomic E-state index is 12.8. The van der Waals surface area contributed by atoms with Gasteiger partial charge in [0.05, 0.1) is 6.26 Å². The minimum absolute atomic E-state index is 0.0595. The number of nitrogens with zero attached hydrogens (tertiary/aromatic N) is 1. The second kappa shape index (κ2) is 8.53. The van der Waals surface area contributed by atoms with Crippen LogP contribution in [0, 0.1) is 5.92 Å². The number of rotatable bonds is 5. The Morgan fingerprint density at radius 2 is 1.77 bits per heavy atom. The van der Waals surface area contributed by atoms with Crippen molar-refractivity contribution in [3.8, 4) is 0 Å². The van der Waals surface area contributed by atoms with Crippen molar-refractivity contribution in [3.63, 3.8) is 0 Å². The van der Waals surface area contributed by atoms with Crippen molar-refractivity contribution in [2.24, 2.45) is 5.92 Å². The topological polar surface area (TPSA) is 66.5 Å². The van der Waals surface area contributed by atoms with Crippen LogP contribution in [0.2, 0.25) is 0 Å². The minimum atomic E-state index is -3.18. The molecule has 1 saturated carbocycles. The predicted octanol–water partition coefficient (Wildman–Crippen LogP) is 3.14. The Kier molecular flexibility index (Phi) is 6.35. The molecule has 6 heteroatoms. The van der Waals surface area contributed by atoms with Crippen LogP contribution in [0.25, 0.3) is 0 Å². The van der Waals surface area contributed by atoms with E-state index >= 15 is 0 Å². The van der Waals surface area contributed by atoms with Crippen molar-refractivity contribution in [2.45, 2.75) is 50.9 Å². The summed E-state index contributed by atoms with van der Waals surface area (Å²) < 4.78 is 25.1. The Balaban J connectivity index is 1.59. The summed E-state index contributed by atoms with van der Waals surface area (Å²) in [6, 6.07) is 8.17. The molecule has 1 amide bonds. The molecule has 0 unspecified atom stereocenters. The fraction of sp³-hybridized carbons (Fsp3) is 0.650.